The summed E-state index contributed by atoms with van der Waals surface area (Å²) in [6.45, 7) is 11.5. The molecule has 6 rings (SSSR count). The van der Waals surface area contributed by atoms with E-state index in [9.17, 15) is 0 Å². The van der Waals surface area contributed by atoms with Gasteiger partial charge in [0.15, 0.2) is 0 Å². The summed E-state index contributed by atoms with van der Waals surface area (Å²) in [7, 11) is 0. The molecule has 6 heteroatoms. The van der Waals surface area contributed by atoms with Crippen LogP contribution in [-0.2, 0) is 24.2 Å². The molecule has 0 atom stereocenters. The normalized spacial score (nSPS) is 18.5. The molecule has 0 aliphatic carbocycles. The molecule has 1 aromatic carbocycles. The molecule has 0 bridgehead atoms. The van der Waals surface area contributed by atoms with Crippen molar-refractivity contribution in [1.29, 1.82) is 0 Å². The molecule has 0 amide bonds. The van der Waals surface area contributed by atoms with Gasteiger partial charge in [-0.05, 0) is 56.1 Å². The van der Waals surface area contributed by atoms with Crippen molar-refractivity contribution < 1.29 is 4.74 Å². The van der Waals surface area contributed by atoms with E-state index >= 15 is 0 Å². The SMILES string of the molecule is CC(C)c1nc2sc3c(N4CCC(Cc5ccccc5)CC4)ncnc3c2c2c1COC(C)(C)C2. The molecule has 0 spiro atoms. The second-order valence-corrected chi connectivity index (χ2v) is 12.1. The Hall–Kier alpha value is -2.57. The van der Waals surface area contributed by atoms with Crippen LogP contribution < -0.4 is 4.90 Å². The number of benzene rings is 1. The molecule has 1 saturated heterocycles. The lowest BCUT2D eigenvalue weighted by Gasteiger charge is -2.33. The maximum atomic E-state index is 6.21. The highest BCUT2D eigenvalue weighted by molar-refractivity contribution is 7.26. The van der Waals surface area contributed by atoms with Gasteiger partial charge in [0.1, 0.15) is 17.0 Å². The van der Waals surface area contributed by atoms with E-state index in [1.807, 2.05) is 0 Å². The number of pyridine rings is 1. The fraction of sp³-hybridized carbons (Fsp3) is 0.483. The highest BCUT2D eigenvalue weighted by Gasteiger charge is 2.33. The standard InChI is InChI=1S/C29H34N4OS/c1-18(2)24-22-16-34-29(3,4)15-21(22)23-25-26(35-28(23)32-24)27(31-17-30-25)33-12-10-20(11-13-33)14-19-8-6-5-7-9-19/h5-9,17-18,20H,10-16H2,1-4H3. The van der Waals surface area contributed by atoms with Crippen LogP contribution in [0.25, 0.3) is 20.4 Å². The van der Waals surface area contributed by atoms with Crippen LogP contribution in [0.5, 0.6) is 0 Å². The van der Waals surface area contributed by atoms with Gasteiger partial charge in [-0.3, -0.25) is 0 Å². The van der Waals surface area contributed by atoms with Crippen molar-refractivity contribution in [3.63, 3.8) is 0 Å². The zero-order chi connectivity index (χ0) is 24.2. The number of hydrogen-bond acceptors (Lipinski definition) is 6. The average molecular weight is 487 g/mol. The number of hydrogen-bond donors (Lipinski definition) is 0. The van der Waals surface area contributed by atoms with Crippen LogP contribution in [0.4, 0.5) is 5.82 Å². The first kappa shape index (κ1) is 22.9. The van der Waals surface area contributed by atoms with Crippen molar-refractivity contribution >= 4 is 37.6 Å². The fourth-order valence-corrected chi connectivity index (χ4v) is 7.00. The van der Waals surface area contributed by atoms with Crippen LogP contribution in [0.3, 0.4) is 0 Å². The van der Waals surface area contributed by atoms with E-state index in [1.165, 1.54) is 51.7 Å². The summed E-state index contributed by atoms with van der Waals surface area (Å²) in [5.41, 5.74) is 6.16. The lowest BCUT2D eigenvalue weighted by Crippen LogP contribution is -2.35. The third-order valence-corrected chi connectivity index (χ3v) is 8.74. The fourth-order valence-electron chi connectivity index (χ4n) is 5.82. The Kier molecular flexibility index (Phi) is 5.76. The molecule has 35 heavy (non-hydrogen) atoms. The van der Waals surface area contributed by atoms with Crippen molar-refractivity contribution in [3.8, 4) is 0 Å². The molecule has 0 saturated carbocycles. The largest absolute Gasteiger partial charge is 0.370 e. The topological polar surface area (TPSA) is 51.1 Å². The van der Waals surface area contributed by atoms with Crippen LogP contribution >= 0.6 is 11.3 Å². The summed E-state index contributed by atoms with van der Waals surface area (Å²) in [5.74, 6) is 2.18. The number of piperidine rings is 1. The Morgan fingerprint density at radius 3 is 2.60 bits per heavy atom. The maximum absolute atomic E-state index is 6.21. The number of ether oxygens (including phenoxy) is 1. The van der Waals surface area contributed by atoms with Gasteiger partial charge in [-0.1, -0.05) is 44.2 Å². The van der Waals surface area contributed by atoms with Crippen LogP contribution in [0, 0.1) is 5.92 Å². The quantitative estimate of drug-likeness (QED) is 0.322. The molecule has 1 fully saturated rings. The van der Waals surface area contributed by atoms with E-state index in [2.05, 4.69) is 62.9 Å². The molecule has 182 valence electrons. The van der Waals surface area contributed by atoms with E-state index in [0.717, 1.165) is 41.6 Å². The summed E-state index contributed by atoms with van der Waals surface area (Å²) in [4.78, 5) is 18.4. The van der Waals surface area contributed by atoms with Crippen molar-refractivity contribution in [2.24, 2.45) is 5.92 Å². The number of aromatic nitrogens is 3. The monoisotopic (exact) mass is 486 g/mol. The molecule has 5 nitrogen and oxygen atoms in total. The Morgan fingerprint density at radius 2 is 1.86 bits per heavy atom. The minimum Gasteiger partial charge on any atom is -0.370 e. The van der Waals surface area contributed by atoms with Crippen LogP contribution in [0.15, 0.2) is 36.7 Å². The predicted molar refractivity (Wildman–Crippen MR) is 144 cm³/mol. The first-order valence-electron chi connectivity index (χ1n) is 12.9. The average Bonchev–Trinajstić information content (AvgIpc) is 3.23. The molecule has 0 N–H and O–H groups in total. The maximum Gasteiger partial charge on any atom is 0.150 e. The third-order valence-electron chi connectivity index (χ3n) is 7.67. The molecule has 5 heterocycles. The van der Waals surface area contributed by atoms with Crippen molar-refractivity contribution in [2.45, 2.75) is 71.5 Å². The number of anilines is 1. The number of rotatable bonds is 4. The van der Waals surface area contributed by atoms with Gasteiger partial charge >= 0.3 is 0 Å². The summed E-state index contributed by atoms with van der Waals surface area (Å²) >= 11 is 1.77. The summed E-state index contributed by atoms with van der Waals surface area (Å²) in [6, 6.07) is 10.9. The number of fused-ring (bicyclic) bond motifs is 5. The zero-order valence-corrected chi connectivity index (χ0v) is 22.0. The number of nitrogens with zero attached hydrogens (tertiary/aromatic N) is 4. The van der Waals surface area contributed by atoms with Gasteiger partial charge in [0, 0.05) is 30.5 Å². The van der Waals surface area contributed by atoms with Crippen LogP contribution in [0.1, 0.15) is 68.8 Å². The first-order chi connectivity index (χ1) is 16.9. The summed E-state index contributed by atoms with van der Waals surface area (Å²) in [5, 5.41) is 1.23. The molecular weight excluding hydrogens is 452 g/mol. The second-order valence-electron chi connectivity index (χ2n) is 11.1. The molecule has 0 unspecified atom stereocenters. The second kappa shape index (κ2) is 8.82. The Bertz CT molecular complexity index is 1370. The Labute approximate surface area is 211 Å². The van der Waals surface area contributed by atoms with Crippen molar-refractivity contribution in [3.05, 3.63) is 59.0 Å². The molecule has 4 aromatic rings. The highest BCUT2D eigenvalue weighted by atomic mass is 32.1. The highest BCUT2D eigenvalue weighted by Crippen LogP contribution is 2.44. The van der Waals surface area contributed by atoms with Crippen molar-refractivity contribution in [2.75, 3.05) is 18.0 Å². The molecule has 2 aliphatic heterocycles. The van der Waals surface area contributed by atoms with E-state index in [-0.39, 0.29) is 5.60 Å². The number of thiophene rings is 1. The van der Waals surface area contributed by atoms with Gasteiger partial charge in [-0.15, -0.1) is 11.3 Å². The van der Waals surface area contributed by atoms with Crippen molar-refractivity contribution in [1.82, 2.24) is 15.0 Å². The lowest BCUT2D eigenvalue weighted by molar-refractivity contribution is -0.0402. The minimum atomic E-state index is -0.180. The van der Waals surface area contributed by atoms with Gasteiger partial charge in [0.05, 0.1) is 28.1 Å². The Morgan fingerprint density at radius 1 is 1.09 bits per heavy atom. The zero-order valence-electron chi connectivity index (χ0n) is 21.2. The Balaban J connectivity index is 1.37. The smallest absolute Gasteiger partial charge is 0.150 e. The minimum absolute atomic E-state index is 0.180. The van der Waals surface area contributed by atoms with Gasteiger partial charge in [0.25, 0.3) is 0 Å². The molecule has 3 aromatic heterocycles. The molecular formula is C29H34N4OS. The molecule has 0 radical (unpaired) electrons. The van der Waals surface area contributed by atoms with Gasteiger partial charge in [0.2, 0.25) is 0 Å². The predicted octanol–water partition coefficient (Wildman–Crippen LogP) is 6.67. The van der Waals surface area contributed by atoms with Crippen LogP contribution in [-0.4, -0.2) is 33.6 Å². The molecule has 2 aliphatic rings. The van der Waals surface area contributed by atoms with E-state index in [4.69, 9.17) is 19.7 Å². The van der Waals surface area contributed by atoms with Gasteiger partial charge in [-0.25, -0.2) is 15.0 Å². The van der Waals surface area contributed by atoms with Gasteiger partial charge in [-0.2, -0.15) is 0 Å². The summed E-state index contributed by atoms with van der Waals surface area (Å²) < 4.78 is 7.40. The van der Waals surface area contributed by atoms with E-state index in [0.29, 0.717) is 12.5 Å². The van der Waals surface area contributed by atoms with Gasteiger partial charge < -0.3 is 9.64 Å². The van der Waals surface area contributed by atoms with Crippen LogP contribution in [0.2, 0.25) is 0 Å². The third kappa shape index (κ3) is 4.21. The first-order valence-corrected chi connectivity index (χ1v) is 13.7. The van der Waals surface area contributed by atoms with E-state index < -0.39 is 0 Å². The van der Waals surface area contributed by atoms with E-state index in [1.54, 1.807) is 17.7 Å². The lowest BCUT2D eigenvalue weighted by atomic mass is 9.87. The summed E-state index contributed by atoms with van der Waals surface area (Å²) in [6.07, 6.45) is 6.21.